The maximum atomic E-state index is 13.7. The van der Waals surface area contributed by atoms with Crippen LogP contribution in [0.25, 0.3) is 23.0 Å². The van der Waals surface area contributed by atoms with Crippen molar-refractivity contribution in [2.24, 2.45) is 11.8 Å². The second-order valence-corrected chi connectivity index (χ2v) is 15.5. The molecule has 2 aromatic carbocycles. The SMILES string of the molecule is CC1CC(C)CN(S(=O)(=O)c2cccc(-c3nn(-c4ccccc4)cc3C=C3SC(=S)N(C4CCCCC4)C3=O)c2)C1. The lowest BCUT2D eigenvalue weighted by atomic mass is 9.94. The maximum Gasteiger partial charge on any atom is 0.266 e. The summed E-state index contributed by atoms with van der Waals surface area (Å²) in [4.78, 5) is 16.2. The first-order valence-corrected chi connectivity index (χ1v) is 17.4. The van der Waals surface area contributed by atoms with Crippen LogP contribution in [0.2, 0.25) is 0 Å². The standard InChI is InChI=1S/C32H36N4O3S3/c1-22-16-23(2)20-34(19-22)42(38,39)28-15-9-10-24(17-28)30-25(21-35(33-30)26-11-5-3-6-12-26)18-29-31(37)36(32(40)41-29)27-13-7-4-8-14-27/h3,5-6,9-12,15,17-18,21-23,27H,4,7-8,13-14,16,19-20H2,1-2H3. The van der Waals surface area contributed by atoms with Crippen LogP contribution in [0.15, 0.2) is 70.6 Å². The third kappa shape index (κ3) is 5.86. The van der Waals surface area contributed by atoms with E-state index in [-0.39, 0.29) is 16.8 Å². The minimum atomic E-state index is -3.67. The highest BCUT2D eigenvalue weighted by Crippen LogP contribution is 2.39. The Kier molecular flexibility index (Phi) is 8.42. The molecule has 0 spiro atoms. The van der Waals surface area contributed by atoms with Crippen molar-refractivity contribution < 1.29 is 13.2 Å². The fourth-order valence-corrected chi connectivity index (χ4v) is 9.58. The van der Waals surface area contributed by atoms with Gasteiger partial charge >= 0.3 is 0 Å². The van der Waals surface area contributed by atoms with E-state index in [1.165, 1.54) is 18.2 Å². The molecule has 3 heterocycles. The molecule has 10 heteroatoms. The molecule has 3 aliphatic rings. The van der Waals surface area contributed by atoms with E-state index < -0.39 is 10.0 Å². The van der Waals surface area contributed by atoms with Crippen molar-refractivity contribution in [3.8, 4) is 16.9 Å². The molecule has 7 nitrogen and oxygen atoms in total. The number of thiocarbonyl (C=S) groups is 1. The summed E-state index contributed by atoms with van der Waals surface area (Å²) in [5.74, 6) is 0.569. The van der Waals surface area contributed by atoms with E-state index in [0.717, 1.165) is 43.4 Å². The van der Waals surface area contributed by atoms with Gasteiger partial charge in [0, 0.05) is 36.5 Å². The quantitative estimate of drug-likeness (QED) is 0.225. The monoisotopic (exact) mass is 620 g/mol. The van der Waals surface area contributed by atoms with Gasteiger partial charge in [0.1, 0.15) is 10.0 Å². The van der Waals surface area contributed by atoms with Gasteiger partial charge in [-0.2, -0.15) is 9.40 Å². The maximum absolute atomic E-state index is 13.7. The van der Waals surface area contributed by atoms with E-state index in [1.54, 1.807) is 32.1 Å². The number of nitrogens with zero attached hydrogens (tertiary/aromatic N) is 4. The van der Waals surface area contributed by atoms with Crippen LogP contribution in [0.1, 0.15) is 57.9 Å². The Bertz CT molecular complexity index is 1620. The van der Waals surface area contributed by atoms with Crippen LogP contribution in [0.5, 0.6) is 0 Å². The van der Waals surface area contributed by atoms with Gasteiger partial charge in [0.05, 0.1) is 15.5 Å². The lowest BCUT2D eigenvalue weighted by Crippen LogP contribution is -2.42. The number of thioether (sulfide) groups is 1. The summed E-state index contributed by atoms with van der Waals surface area (Å²) >= 11 is 7.01. The van der Waals surface area contributed by atoms with E-state index in [2.05, 4.69) is 13.8 Å². The minimum absolute atomic E-state index is 0.0556. The second-order valence-electron chi connectivity index (χ2n) is 11.9. The lowest BCUT2D eigenvalue weighted by molar-refractivity contribution is -0.124. The molecule has 0 bridgehead atoms. The van der Waals surface area contributed by atoms with Gasteiger partial charge in [-0.25, -0.2) is 13.1 Å². The van der Waals surface area contributed by atoms with Gasteiger partial charge in [0.2, 0.25) is 10.0 Å². The van der Waals surface area contributed by atoms with Crippen molar-refractivity contribution in [1.82, 2.24) is 19.0 Å². The molecular weight excluding hydrogens is 585 g/mol. The van der Waals surface area contributed by atoms with Crippen molar-refractivity contribution in [1.29, 1.82) is 0 Å². The number of amides is 1. The number of carbonyl (C=O) groups is 1. The van der Waals surface area contributed by atoms with Crippen molar-refractivity contribution in [2.75, 3.05) is 13.1 Å². The summed E-state index contributed by atoms with van der Waals surface area (Å²) in [6.45, 7) is 5.25. The van der Waals surface area contributed by atoms with Gasteiger partial charge < -0.3 is 0 Å². The molecule has 2 saturated heterocycles. The number of benzene rings is 2. The fourth-order valence-electron chi connectivity index (χ4n) is 6.46. The van der Waals surface area contributed by atoms with Crippen LogP contribution in [0.3, 0.4) is 0 Å². The summed E-state index contributed by atoms with van der Waals surface area (Å²) in [6, 6.07) is 16.9. The van der Waals surface area contributed by atoms with Crippen LogP contribution in [-0.4, -0.2) is 56.8 Å². The Balaban J connectivity index is 1.39. The predicted molar refractivity (Wildman–Crippen MR) is 173 cm³/mol. The van der Waals surface area contributed by atoms with Crippen LogP contribution in [0.4, 0.5) is 0 Å². The molecule has 1 aliphatic carbocycles. The number of hydrogen-bond acceptors (Lipinski definition) is 6. The molecule has 1 amide bonds. The highest BCUT2D eigenvalue weighted by atomic mass is 32.2. The van der Waals surface area contributed by atoms with Crippen molar-refractivity contribution in [3.05, 3.63) is 71.3 Å². The number of para-hydroxylation sites is 1. The molecule has 1 saturated carbocycles. The molecule has 0 N–H and O–H groups in total. The van der Waals surface area contributed by atoms with Gasteiger partial charge in [-0.3, -0.25) is 9.69 Å². The summed E-state index contributed by atoms with van der Waals surface area (Å²) in [6.07, 6.45) is 10.2. The molecular formula is C32H36N4O3S3. The molecule has 6 rings (SSSR count). The molecule has 1 aromatic heterocycles. The van der Waals surface area contributed by atoms with Gasteiger partial charge in [-0.05, 0) is 61.4 Å². The van der Waals surface area contributed by atoms with Gasteiger partial charge in [0.25, 0.3) is 5.91 Å². The summed E-state index contributed by atoms with van der Waals surface area (Å²) < 4.78 is 31.5. The minimum Gasteiger partial charge on any atom is -0.290 e. The Labute approximate surface area is 258 Å². The Morgan fingerprint density at radius 2 is 1.69 bits per heavy atom. The Morgan fingerprint density at radius 1 is 0.976 bits per heavy atom. The van der Waals surface area contributed by atoms with E-state index in [9.17, 15) is 13.2 Å². The van der Waals surface area contributed by atoms with Crippen molar-refractivity contribution in [2.45, 2.75) is 63.3 Å². The first kappa shape index (κ1) is 29.3. The van der Waals surface area contributed by atoms with E-state index in [4.69, 9.17) is 17.3 Å². The van der Waals surface area contributed by atoms with Crippen LogP contribution in [-0.2, 0) is 14.8 Å². The first-order chi connectivity index (χ1) is 20.2. The van der Waals surface area contributed by atoms with Crippen molar-refractivity contribution >= 4 is 50.3 Å². The molecule has 42 heavy (non-hydrogen) atoms. The molecule has 3 fully saturated rings. The highest BCUT2D eigenvalue weighted by Gasteiger charge is 2.38. The average molecular weight is 621 g/mol. The van der Waals surface area contributed by atoms with Crippen LogP contribution >= 0.6 is 24.0 Å². The van der Waals surface area contributed by atoms with Crippen molar-refractivity contribution in [3.63, 3.8) is 0 Å². The number of aromatic nitrogens is 2. The summed E-state index contributed by atoms with van der Waals surface area (Å²) in [5, 5.41) is 4.90. The lowest BCUT2D eigenvalue weighted by Gasteiger charge is -2.34. The average Bonchev–Trinajstić information content (AvgIpc) is 3.53. The Hall–Kier alpha value is -2.79. The number of hydrogen-bond donors (Lipinski definition) is 0. The largest absolute Gasteiger partial charge is 0.290 e. The number of carbonyl (C=O) groups excluding carboxylic acids is 1. The third-order valence-corrected chi connectivity index (χ3v) is 11.6. The number of rotatable bonds is 6. The molecule has 2 atom stereocenters. The molecule has 2 unspecified atom stereocenters. The van der Waals surface area contributed by atoms with E-state index in [0.29, 0.717) is 45.4 Å². The fraction of sp³-hybridized carbons (Fsp3) is 0.406. The van der Waals surface area contributed by atoms with Gasteiger partial charge in [-0.15, -0.1) is 0 Å². The molecule has 2 aliphatic heterocycles. The molecule has 0 radical (unpaired) electrons. The van der Waals surface area contributed by atoms with Crippen LogP contribution in [0, 0.1) is 11.8 Å². The van der Waals surface area contributed by atoms with Gasteiger partial charge in [0.15, 0.2) is 0 Å². The summed E-state index contributed by atoms with van der Waals surface area (Å²) in [5.41, 5.74) is 2.89. The van der Waals surface area contributed by atoms with Gasteiger partial charge in [-0.1, -0.05) is 87.4 Å². The Morgan fingerprint density at radius 3 is 2.40 bits per heavy atom. The second kappa shape index (κ2) is 12.1. The number of sulfonamides is 1. The smallest absolute Gasteiger partial charge is 0.266 e. The topological polar surface area (TPSA) is 75.5 Å². The number of piperidine rings is 1. The molecule has 220 valence electrons. The third-order valence-electron chi connectivity index (χ3n) is 8.39. The zero-order valence-corrected chi connectivity index (χ0v) is 26.4. The first-order valence-electron chi connectivity index (χ1n) is 14.7. The highest BCUT2D eigenvalue weighted by molar-refractivity contribution is 8.26. The zero-order valence-electron chi connectivity index (χ0n) is 24.0. The van der Waals surface area contributed by atoms with E-state index >= 15 is 0 Å². The molecule has 3 aromatic rings. The predicted octanol–water partition coefficient (Wildman–Crippen LogP) is 6.74. The normalized spacial score (nSPS) is 23.7. The summed E-state index contributed by atoms with van der Waals surface area (Å²) in [7, 11) is -3.67. The van der Waals surface area contributed by atoms with E-state index in [1.807, 2.05) is 48.7 Å². The zero-order chi connectivity index (χ0) is 29.4. The van der Waals surface area contributed by atoms with Crippen LogP contribution < -0.4 is 0 Å².